The summed E-state index contributed by atoms with van der Waals surface area (Å²) in [5.74, 6) is 0.986. The number of ether oxygens (including phenoxy) is 2. The first-order valence-electron chi connectivity index (χ1n) is 9.09. The molecule has 1 aromatic heterocycles. The van der Waals surface area contributed by atoms with Crippen molar-refractivity contribution in [1.82, 2.24) is 9.97 Å². The fourth-order valence-electron chi connectivity index (χ4n) is 2.53. The normalized spacial score (nSPS) is 11.2. The van der Waals surface area contributed by atoms with Crippen LogP contribution in [0.4, 0.5) is 5.95 Å². The van der Waals surface area contributed by atoms with E-state index in [2.05, 4.69) is 15.3 Å². The van der Waals surface area contributed by atoms with E-state index >= 15 is 0 Å². The maximum atomic E-state index is 12.6. The largest absolute Gasteiger partial charge is 0.491 e. The number of hydrogen-bond acceptors (Lipinski definition) is 7. The van der Waals surface area contributed by atoms with Crippen LogP contribution in [-0.2, 0) is 9.84 Å². The molecule has 1 N–H and O–H groups in total. The predicted molar refractivity (Wildman–Crippen MR) is 112 cm³/mol. The van der Waals surface area contributed by atoms with Crippen LogP contribution in [-0.4, -0.2) is 36.7 Å². The molecular weight excluding hydrogens is 406 g/mol. The Morgan fingerprint density at radius 3 is 2.20 bits per heavy atom. The second-order valence-electron chi connectivity index (χ2n) is 6.73. The molecule has 3 rings (SSSR count). The highest BCUT2D eigenvalue weighted by molar-refractivity contribution is 7.90. The first kappa shape index (κ1) is 21.3. The van der Waals surface area contributed by atoms with Gasteiger partial charge < -0.3 is 9.47 Å². The van der Waals surface area contributed by atoms with Gasteiger partial charge in [-0.3, -0.25) is 10.1 Å². The first-order valence-corrected chi connectivity index (χ1v) is 11.0. The fraction of sp³-hybridized carbons (Fsp3) is 0.190. The van der Waals surface area contributed by atoms with Crippen molar-refractivity contribution in [3.63, 3.8) is 0 Å². The minimum Gasteiger partial charge on any atom is -0.491 e. The second-order valence-corrected chi connectivity index (χ2v) is 8.75. The molecule has 1 amide bonds. The van der Waals surface area contributed by atoms with E-state index in [0.29, 0.717) is 22.8 Å². The van der Waals surface area contributed by atoms with Crippen molar-refractivity contribution in [1.29, 1.82) is 0 Å². The monoisotopic (exact) mass is 427 g/mol. The van der Waals surface area contributed by atoms with E-state index in [1.807, 2.05) is 13.8 Å². The molecule has 1 heterocycles. The molecule has 0 fully saturated rings. The summed E-state index contributed by atoms with van der Waals surface area (Å²) < 4.78 is 34.8. The van der Waals surface area contributed by atoms with Crippen molar-refractivity contribution in [3.8, 4) is 17.2 Å². The molecule has 9 heteroatoms. The van der Waals surface area contributed by atoms with E-state index in [4.69, 9.17) is 9.47 Å². The lowest BCUT2D eigenvalue weighted by molar-refractivity contribution is 0.102. The highest BCUT2D eigenvalue weighted by Crippen LogP contribution is 2.29. The number of amides is 1. The van der Waals surface area contributed by atoms with Crippen molar-refractivity contribution in [2.75, 3.05) is 11.6 Å². The number of benzene rings is 2. The number of carbonyl (C=O) groups is 1. The van der Waals surface area contributed by atoms with E-state index in [1.165, 1.54) is 24.5 Å². The van der Waals surface area contributed by atoms with Crippen molar-refractivity contribution in [3.05, 3.63) is 66.5 Å². The molecule has 156 valence electrons. The average Bonchev–Trinajstić information content (AvgIpc) is 2.68. The predicted octanol–water partition coefficient (Wildman–Crippen LogP) is 3.71. The summed E-state index contributed by atoms with van der Waals surface area (Å²) in [6.07, 6.45) is 4.07. The summed E-state index contributed by atoms with van der Waals surface area (Å²) in [6.45, 7) is 3.74. The SMILES string of the molecule is CC(C)Oc1cc(Oc2ccc(S(C)(=O)=O)cc2)cc(C(=O)Nc2ncccn2)c1. The van der Waals surface area contributed by atoms with E-state index < -0.39 is 15.7 Å². The van der Waals surface area contributed by atoms with Gasteiger partial charge in [-0.05, 0) is 56.3 Å². The van der Waals surface area contributed by atoms with E-state index in [9.17, 15) is 13.2 Å². The van der Waals surface area contributed by atoms with Gasteiger partial charge in [-0.25, -0.2) is 18.4 Å². The molecule has 0 radical (unpaired) electrons. The van der Waals surface area contributed by atoms with Crippen LogP contribution in [0.25, 0.3) is 0 Å². The van der Waals surface area contributed by atoms with Crippen molar-refractivity contribution in [2.24, 2.45) is 0 Å². The van der Waals surface area contributed by atoms with Crippen LogP contribution >= 0.6 is 0 Å². The Balaban J connectivity index is 1.87. The number of anilines is 1. The Hall–Kier alpha value is -3.46. The molecule has 0 atom stereocenters. The molecular formula is C21H21N3O5S. The third kappa shape index (κ3) is 5.77. The van der Waals surface area contributed by atoms with Gasteiger partial charge in [-0.1, -0.05) is 0 Å². The minimum atomic E-state index is -3.30. The topological polar surface area (TPSA) is 107 Å². The van der Waals surface area contributed by atoms with Crippen LogP contribution in [0.2, 0.25) is 0 Å². The fourth-order valence-corrected chi connectivity index (χ4v) is 3.16. The first-order chi connectivity index (χ1) is 14.2. The van der Waals surface area contributed by atoms with Gasteiger partial charge in [0.15, 0.2) is 9.84 Å². The van der Waals surface area contributed by atoms with Gasteiger partial charge in [0.25, 0.3) is 5.91 Å². The quantitative estimate of drug-likeness (QED) is 0.612. The van der Waals surface area contributed by atoms with E-state index in [0.717, 1.165) is 6.26 Å². The van der Waals surface area contributed by atoms with Gasteiger partial charge >= 0.3 is 0 Å². The summed E-state index contributed by atoms with van der Waals surface area (Å²) in [6, 6.07) is 12.5. The van der Waals surface area contributed by atoms with Crippen molar-refractivity contribution in [2.45, 2.75) is 24.8 Å². The third-order valence-corrected chi connectivity index (χ3v) is 4.92. The smallest absolute Gasteiger partial charge is 0.258 e. The van der Waals surface area contributed by atoms with E-state index in [1.54, 1.807) is 36.4 Å². The summed E-state index contributed by atoms with van der Waals surface area (Å²) in [5, 5.41) is 2.61. The third-order valence-electron chi connectivity index (χ3n) is 3.79. The summed E-state index contributed by atoms with van der Waals surface area (Å²) >= 11 is 0. The van der Waals surface area contributed by atoms with Crippen LogP contribution in [0.1, 0.15) is 24.2 Å². The number of carbonyl (C=O) groups excluding carboxylic acids is 1. The maximum Gasteiger partial charge on any atom is 0.258 e. The number of rotatable bonds is 7. The van der Waals surface area contributed by atoms with Gasteiger partial charge in [-0.15, -0.1) is 0 Å². The van der Waals surface area contributed by atoms with Crippen LogP contribution in [0.3, 0.4) is 0 Å². The molecule has 0 aliphatic heterocycles. The summed E-state index contributed by atoms with van der Waals surface area (Å²) in [5.41, 5.74) is 0.295. The molecule has 0 spiro atoms. The molecule has 0 bridgehead atoms. The Morgan fingerprint density at radius 2 is 1.60 bits per heavy atom. The lowest BCUT2D eigenvalue weighted by Crippen LogP contribution is -2.14. The number of nitrogens with zero attached hydrogens (tertiary/aromatic N) is 2. The van der Waals surface area contributed by atoms with Gasteiger partial charge in [0.2, 0.25) is 5.95 Å². The lowest BCUT2D eigenvalue weighted by Gasteiger charge is -2.14. The Bertz CT molecular complexity index is 1130. The molecule has 0 unspecified atom stereocenters. The molecule has 8 nitrogen and oxygen atoms in total. The Morgan fingerprint density at radius 1 is 0.967 bits per heavy atom. The Kier molecular flexibility index (Phi) is 6.31. The highest BCUT2D eigenvalue weighted by atomic mass is 32.2. The molecule has 2 aromatic carbocycles. The van der Waals surface area contributed by atoms with E-state index in [-0.39, 0.29) is 16.9 Å². The van der Waals surface area contributed by atoms with Gasteiger partial charge in [0.1, 0.15) is 17.2 Å². The zero-order valence-corrected chi connectivity index (χ0v) is 17.5. The number of sulfone groups is 1. The average molecular weight is 427 g/mol. The lowest BCUT2D eigenvalue weighted by atomic mass is 10.2. The highest BCUT2D eigenvalue weighted by Gasteiger charge is 2.14. The van der Waals surface area contributed by atoms with Crippen LogP contribution in [0, 0.1) is 0 Å². The van der Waals surface area contributed by atoms with Gasteiger partial charge in [0.05, 0.1) is 11.0 Å². The second kappa shape index (κ2) is 8.91. The molecule has 0 aliphatic rings. The zero-order valence-electron chi connectivity index (χ0n) is 16.7. The number of aromatic nitrogens is 2. The molecule has 30 heavy (non-hydrogen) atoms. The minimum absolute atomic E-state index is 0.109. The van der Waals surface area contributed by atoms with Crippen LogP contribution < -0.4 is 14.8 Å². The molecule has 0 aliphatic carbocycles. The Labute approximate surface area is 174 Å². The van der Waals surface area contributed by atoms with Crippen molar-refractivity contribution >= 4 is 21.7 Å². The van der Waals surface area contributed by atoms with Crippen LogP contribution in [0.15, 0.2) is 65.8 Å². The maximum absolute atomic E-state index is 12.6. The van der Waals surface area contributed by atoms with Crippen molar-refractivity contribution < 1.29 is 22.7 Å². The number of hydrogen-bond donors (Lipinski definition) is 1. The molecule has 0 saturated heterocycles. The zero-order chi connectivity index (χ0) is 21.7. The molecule has 0 saturated carbocycles. The standard InChI is InChI=1S/C21H21N3O5S/c1-14(2)28-17-11-15(20(25)24-21-22-9-4-10-23-21)12-18(13-17)29-16-5-7-19(8-6-16)30(3,26)27/h4-14H,1-3H3,(H,22,23,24,25). The summed E-state index contributed by atoms with van der Waals surface area (Å²) in [7, 11) is -3.30. The van der Waals surface area contributed by atoms with Crippen LogP contribution in [0.5, 0.6) is 17.2 Å². The number of nitrogens with one attached hydrogen (secondary N) is 1. The summed E-state index contributed by atoms with van der Waals surface area (Å²) in [4.78, 5) is 20.8. The molecule has 3 aromatic rings. The van der Waals surface area contributed by atoms with Gasteiger partial charge in [-0.2, -0.15) is 0 Å². The van der Waals surface area contributed by atoms with Gasteiger partial charge in [0, 0.05) is 30.3 Å².